The Bertz CT molecular complexity index is 1060. The fourth-order valence-electron chi connectivity index (χ4n) is 2.70. The molecule has 7 heteroatoms. The first-order chi connectivity index (χ1) is 12.4. The Hall–Kier alpha value is -2.99. The van der Waals surface area contributed by atoms with Gasteiger partial charge >= 0.3 is 0 Å². The lowest BCUT2D eigenvalue weighted by molar-refractivity contribution is 0.628. The Morgan fingerprint density at radius 3 is 2.58 bits per heavy atom. The van der Waals surface area contributed by atoms with E-state index in [0.717, 1.165) is 6.20 Å². The average Bonchev–Trinajstić information content (AvgIpc) is 2.62. The lowest BCUT2D eigenvalue weighted by Gasteiger charge is -2.11. The van der Waals surface area contributed by atoms with Crippen LogP contribution in [0.25, 0.3) is 27.7 Å². The van der Waals surface area contributed by atoms with Crippen LogP contribution in [0.15, 0.2) is 53.7 Å². The molecule has 0 amide bonds. The van der Waals surface area contributed by atoms with Crippen LogP contribution in [-0.2, 0) is 0 Å². The molecular weight excluding hydrogens is 358 g/mol. The Morgan fingerprint density at radius 2 is 1.88 bits per heavy atom. The summed E-state index contributed by atoms with van der Waals surface area (Å²) in [6, 6.07) is 9.40. The van der Waals surface area contributed by atoms with Crippen molar-refractivity contribution in [3.8, 4) is 11.3 Å². The van der Waals surface area contributed by atoms with E-state index in [1.165, 1.54) is 12.1 Å². The number of allylic oxidation sites excluding steroid dienone is 1. The van der Waals surface area contributed by atoms with Gasteiger partial charge in [-0.05, 0) is 19.1 Å². The van der Waals surface area contributed by atoms with E-state index in [1.54, 1.807) is 37.3 Å². The van der Waals surface area contributed by atoms with Crippen LogP contribution in [0.5, 0.6) is 0 Å². The summed E-state index contributed by atoms with van der Waals surface area (Å²) < 4.78 is 28.1. The second kappa shape index (κ2) is 7.09. The third-order valence-corrected chi connectivity index (χ3v) is 4.25. The number of aliphatic imine (C=N–C) groups is 1. The van der Waals surface area contributed by atoms with Crippen LogP contribution in [0, 0.1) is 11.6 Å². The van der Waals surface area contributed by atoms with Gasteiger partial charge in [0.05, 0.1) is 22.6 Å². The Morgan fingerprint density at radius 1 is 1.12 bits per heavy atom. The van der Waals surface area contributed by atoms with Gasteiger partial charge in [-0.1, -0.05) is 41.9 Å². The lowest BCUT2D eigenvalue weighted by Crippen LogP contribution is -2.22. The number of fused-ring (bicyclic) bond motifs is 1. The molecule has 26 heavy (non-hydrogen) atoms. The second-order valence-electron chi connectivity index (χ2n) is 5.53. The lowest BCUT2D eigenvalue weighted by atomic mass is 10.00. The molecule has 0 saturated carbocycles. The third kappa shape index (κ3) is 3.23. The van der Waals surface area contributed by atoms with Crippen molar-refractivity contribution in [2.45, 2.75) is 6.92 Å². The highest BCUT2D eigenvalue weighted by Crippen LogP contribution is 2.35. The number of aromatic nitrogens is 1. The van der Waals surface area contributed by atoms with Crippen molar-refractivity contribution in [1.29, 1.82) is 0 Å². The van der Waals surface area contributed by atoms with Gasteiger partial charge in [0.25, 0.3) is 0 Å². The number of benzene rings is 2. The first-order valence-electron chi connectivity index (χ1n) is 7.71. The molecule has 3 rings (SSSR count). The minimum atomic E-state index is -0.575. The van der Waals surface area contributed by atoms with E-state index in [-0.39, 0.29) is 11.0 Å². The molecule has 1 aromatic heterocycles. The van der Waals surface area contributed by atoms with Gasteiger partial charge < -0.3 is 11.5 Å². The molecule has 3 aromatic rings. The average molecular weight is 373 g/mol. The van der Waals surface area contributed by atoms with Crippen LogP contribution in [0.2, 0.25) is 5.02 Å². The van der Waals surface area contributed by atoms with Crippen molar-refractivity contribution < 1.29 is 8.78 Å². The summed E-state index contributed by atoms with van der Waals surface area (Å²) in [6.07, 6.45) is 2.81. The van der Waals surface area contributed by atoms with Crippen molar-refractivity contribution in [2.24, 2.45) is 16.5 Å². The zero-order chi connectivity index (χ0) is 18.8. The van der Waals surface area contributed by atoms with Crippen molar-refractivity contribution in [3.63, 3.8) is 0 Å². The third-order valence-electron chi connectivity index (χ3n) is 3.86. The van der Waals surface area contributed by atoms with E-state index in [4.69, 9.17) is 23.1 Å². The number of rotatable bonds is 3. The number of pyridine rings is 1. The van der Waals surface area contributed by atoms with Crippen molar-refractivity contribution in [2.75, 3.05) is 0 Å². The van der Waals surface area contributed by atoms with Crippen LogP contribution in [0.1, 0.15) is 12.5 Å². The second-order valence-corrected chi connectivity index (χ2v) is 5.91. The summed E-state index contributed by atoms with van der Waals surface area (Å²) in [5.74, 6) is -1.16. The molecular formula is C19H15ClF2N4. The molecule has 0 bridgehead atoms. The zero-order valence-electron chi connectivity index (χ0n) is 13.8. The Labute approximate surface area is 153 Å². The van der Waals surface area contributed by atoms with E-state index in [1.807, 2.05) is 0 Å². The fraction of sp³-hybridized carbons (Fsp3) is 0.0526. The van der Waals surface area contributed by atoms with Gasteiger partial charge in [-0.2, -0.15) is 0 Å². The van der Waals surface area contributed by atoms with E-state index in [0.29, 0.717) is 33.3 Å². The molecule has 1 heterocycles. The van der Waals surface area contributed by atoms with Crippen LogP contribution in [0.3, 0.4) is 0 Å². The molecule has 4 N–H and O–H groups in total. The molecule has 4 nitrogen and oxygen atoms in total. The molecule has 0 spiro atoms. The highest BCUT2D eigenvalue weighted by atomic mass is 35.5. The van der Waals surface area contributed by atoms with Crippen molar-refractivity contribution >= 4 is 34.0 Å². The van der Waals surface area contributed by atoms with E-state index < -0.39 is 11.6 Å². The predicted octanol–water partition coefficient (Wildman–Crippen LogP) is 4.47. The normalized spacial score (nSPS) is 11.6. The standard InChI is InChI=1S/C19H15ClF2N4/c1-2-16(26-19(23)24)10-6-7-11-13(8-10)18(25-9-15(11)22)12-4-3-5-14(21)17(12)20/h2-9H,1H3,(H4,23,24,26)/b16-2-. The fourth-order valence-corrected chi connectivity index (χ4v) is 2.92. The maximum absolute atomic E-state index is 14.2. The first kappa shape index (κ1) is 17.8. The van der Waals surface area contributed by atoms with Gasteiger partial charge in [-0.3, -0.25) is 4.98 Å². The summed E-state index contributed by atoms with van der Waals surface area (Å²) in [4.78, 5) is 8.20. The number of guanidine groups is 1. The molecule has 0 fully saturated rings. The topological polar surface area (TPSA) is 77.3 Å². The predicted molar refractivity (Wildman–Crippen MR) is 102 cm³/mol. The molecule has 0 aliphatic carbocycles. The molecule has 0 radical (unpaired) electrons. The van der Waals surface area contributed by atoms with Gasteiger partial charge in [0, 0.05) is 21.9 Å². The van der Waals surface area contributed by atoms with Gasteiger partial charge in [-0.15, -0.1) is 0 Å². The summed E-state index contributed by atoms with van der Waals surface area (Å²) in [5.41, 5.74) is 12.8. The van der Waals surface area contributed by atoms with Crippen molar-refractivity contribution in [1.82, 2.24) is 4.98 Å². The minimum Gasteiger partial charge on any atom is -0.370 e. The molecule has 0 aliphatic rings. The molecule has 0 atom stereocenters. The minimum absolute atomic E-state index is 0.0752. The summed E-state index contributed by atoms with van der Waals surface area (Å²) in [6.45, 7) is 1.78. The maximum Gasteiger partial charge on any atom is 0.191 e. The van der Waals surface area contributed by atoms with E-state index in [2.05, 4.69) is 9.98 Å². The first-order valence-corrected chi connectivity index (χ1v) is 8.09. The number of halogens is 3. The zero-order valence-corrected chi connectivity index (χ0v) is 14.6. The SMILES string of the molecule is C/C=C(\N=C(N)N)c1ccc2c(F)cnc(-c3cccc(F)c3Cl)c2c1. The van der Waals surface area contributed by atoms with Gasteiger partial charge in [0.1, 0.15) is 11.6 Å². The smallest absolute Gasteiger partial charge is 0.191 e. The summed E-state index contributed by atoms with van der Waals surface area (Å²) >= 11 is 6.09. The molecule has 0 unspecified atom stereocenters. The van der Waals surface area contributed by atoms with Gasteiger partial charge in [0.15, 0.2) is 5.96 Å². The highest BCUT2D eigenvalue weighted by Gasteiger charge is 2.15. The molecule has 0 aliphatic heterocycles. The highest BCUT2D eigenvalue weighted by molar-refractivity contribution is 6.33. The summed E-state index contributed by atoms with van der Waals surface area (Å²) in [5, 5.41) is 0.730. The van der Waals surface area contributed by atoms with Crippen LogP contribution < -0.4 is 11.5 Å². The van der Waals surface area contributed by atoms with Gasteiger partial charge in [0.2, 0.25) is 0 Å². The molecule has 132 valence electrons. The number of hydrogen-bond donors (Lipinski definition) is 2. The molecule has 2 aromatic carbocycles. The quantitative estimate of drug-likeness (QED) is 0.526. The van der Waals surface area contributed by atoms with E-state index in [9.17, 15) is 8.78 Å². The summed E-state index contributed by atoms with van der Waals surface area (Å²) in [7, 11) is 0. The van der Waals surface area contributed by atoms with Crippen molar-refractivity contribution in [3.05, 3.63) is 70.9 Å². The van der Waals surface area contributed by atoms with Crippen LogP contribution >= 0.6 is 11.6 Å². The van der Waals surface area contributed by atoms with Crippen LogP contribution in [0.4, 0.5) is 8.78 Å². The molecule has 0 saturated heterocycles. The Balaban J connectivity index is 2.31. The maximum atomic E-state index is 14.2. The largest absolute Gasteiger partial charge is 0.370 e. The Kier molecular flexibility index (Phi) is 4.86. The van der Waals surface area contributed by atoms with Gasteiger partial charge in [-0.25, -0.2) is 13.8 Å². The number of nitrogens with zero attached hydrogens (tertiary/aromatic N) is 2. The van der Waals surface area contributed by atoms with E-state index >= 15 is 0 Å². The van der Waals surface area contributed by atoms with Crippen LogP contribution in [-0.4, -0.2) is 10.9 Å². The monoisotopic (exact) mass is 372 g/mol. The number of hydrogen-bond acceptors (Lipinski definition) is 2. The number of nitrogens with two attached hydrogens (primary N) is 2.